The van der Waals surface area contributed by atoms with Crippen LogP contribution in [0.4, 0.5) is 31.9 Å². The van der Waals surface area contributed by atoms with Gasteiger partial charge in [0, 0.05) is 18.8 Å². The van der Waals surface area contributed by atoms with Crippen molar-refractivity contribution in [3.8, 4) is 0 Å². The van der Waals surface area contributed by atoms with Crippen LogP contribution in [0.1, 0.15) is 0 Å². The molecule has 0 spiro atoms. The van der Waals surface area contributed by atoms with E-state index in [-0.39, 0.29) is 17.5 Å². The minimum Gasteiger partial charge on any atom is -0.357 e. The highest BCUT2D eigenvalue weighted by Gasteiger charge is 2.17. The number of hydrogen-bond acceptors (Lipinski definition) is 6. The summed E-state index contributed by atoms with van der Waals surface area (Å²) in [7, 11) is 1.53. The smallest absolute Gasteiger partial charge is 0.329 e. The fourth-order valence-corrected chi connectivity index (χ4v) is 1.48. The van der Waals surface area contributed by atoms with Crippen LogP contribution in [0.3, 0.4) is 0 Å². The number of benzene rings is 1. The third-order valence-corrected chi connectivity index (χ3v) is 2.32. The third-order valence-electron chi connectivity index (χ3n) is 2.32. The van der Waals surface area contributed by atoms with Gasteiger partial charge in [0.15, 0.2) is 0 Å². The van der Waals surface area contributed by atoms with Crippen molar-refractivity contribution in [2.75, 3.05) is 17.7 Å². The maximum absolute atomic E-state index is 13.1. The van der Waals surface area contributed by atoms with Crippen molar-refractivity contribution in [2.45, 2.75) is 0 Å². The number of nitrogens with zero attached hydrogens (tertiary/aromatic N) is 3. The predicted molar refractivity (Wildman–Crippen MR) is 67.9 cm³/mol. The highest BCUT2D eigenvalue weighted by Crippen LogP contribution is 2.26. The molecular formula is C11H9F2N5O2. The summed E-state index contributed by atoms with van der Waals surface area (Å²) >= 11 is 0. The zero-order valence-electron chi connectivity index (χ0n) is 10.2. The molecule has 0 aliphatic carbocycles. The van der Waals surface area contributed by atoms with Crippen LogP contribution in [0.15, 0.2) is 24.4 Å². The van der Waals surface area contributed by atoms with Gasteiger partial charge in [-0.25, -0.2) is 13.8 Å². The van der Waals surface area contributed by atoms with E-state index in [1.54, 1.807) is 0 Å². The molecule has 0 saturated heterocycles. The lowest BCUT2D eigenvalue weighted by molar-refractivity contribution is -0.384. The van der Waals surface area contributed by atoms with E-state index in [1.807, 2.05) is 0 Å². The Morgan fingerprint density at radius 3 is 2.45 bits per heavy atom. The van der Waals surface area contributed by atoms with Gasteiger partial charge >= 0.3 is 5.69 Å². The lowest BCUT2D eigenvalue weighted by Crippen LogP contribution is -2.04. The van der Waals surface area contributed by atoms with E-state index in [0.29, 0.717) is 6.07 Å². The van der Waals surface area contributed by atoms with E-state index in [9.17, 15) is 18.9 Å². The molecule has 0 radical (unpaired) electrons. The normalized spacial score (nSPS) is 10.2. The lowest BCUT2D eigenvalue weighted by Gasteiger charge is -2.07. The number of rotatable bonds is 4. The molecular weight excluding hydrogens is 272 g/mol. The summed E-state index contributed by atoms with van der Waals surface area (Å²) < 4.78 is 26.2. The van der Waals surface area contributed by atoms with E-state index < -0.39 is 22.2 Å². The molecule has 104 valence electrons. The first-order valence-electron chi connectivity index (χ1n) is 5.42. The molecule has 2 rings (SSSR count). The van der Waals surface area contributed by atoms with Crippen LogP contribution in [0, 0.1) is 21.7 Å². The fourth-order valence-electron chi connectivity index (χ4n) is 1.48. The van der Waals surface area contributed by atoms with E-state index in [2.05, 4.69) is 20.6 Å². The minimum atomic E-state index is -0.807. The Morgan fingerprint density at radius 1 is 1.25 bits per heavy atom. The molecule has 7 nitrogen and oxygen atoms in total. The van der Waals surface area contributed by atoms with Crippen molar-refractivity contribution in [3.05, 3.63) is 46.1 Å². The number of nitro groups is 1. The second-order valence-electron chi connectivity index (χ2n) is 3.72. The van der Waals surface area contributed by atoms with Crippen molar-refractivity contribution in [1.82, 2.24) is 9.97 Å². The standard InChI is InChI=1S/C11H9F2N5O2/c1-14-11-15-5-9(18(19)20)10(17-11)16-8-3-6(12)2-7(13)4-8/h2-5H,1H3,(H2,14,15,16,17). The Morgan fingerprint density at radius 2 is 1.90 bits per heavy atom. The monoisotopic (exact) mass is 281 g/mol. The summed E-state index contributed by atoms with van der Waals surface area (Å²) in [5.41, 5.74) is -0.403. The molecule has 1 heterocycles. The van der Waals surface area contributed by atoms with Crippen LogP contribution in [0.25, 0.3) is 0 Å². The third kappa shape index (κ3) is 2.94. The average molecular weight is 281 g/mol. The SMILES string of the molecule is CNc1ncc([N+](=O)[O-])c(Nc2cc(F)cc(F)c2)n1. The highest BCUT2D eigenvalue weighted by molar-refractivity contribution is 5.66. The summed E-state index contributed by atoms with van der Waals surface area (Å²) in [5.74, 6) is -1.65. The average Bonchev–Trinajstić information content (AvgIpc) is 2.37. The second kappa shape index (κ2) is 5.43. The topological polar surface area (TPSA) is 93.0 Å². The maximum atomic E-state index is 13.1. The van der Waals surface area contributed by atoms with Crippen LogP contribution < -0.4 is 10.6 Å². The first kappa shape index (κ1) is 13.6. The molecule has 0 aliphatic heterocycles. The van der Waals surface area contributed by atoms with E-state index in [1.165, 1.54) is 7.05 Å². The van der Waals surface area contributed by atoms with E-state index in [0.717, 1.165) is 18.3 Å². The molecule has 20 heavy (non-hydrogen) atoms. The van der Waals surface area contributed by atoms with Gasteiger partial charge in [0.1, 0.15) is 17.8 Å². The van der Waals surface area contributed by atoms with Gasteiger partial charge in [-0.2, -0.15) is 4.98 Å². The van der Waals surface area contributed by atoms with Crippen LogP contribution in [-0.4, -0.2) is 21.9 Å². The van der Waals surface area contributed by atoms with Gasteiger partial charge in [0.25, 0.3) is 0 Å². The number of aromatic nitrogens is 2. The first-order valence-corrected chi connectivity index (χ1v) is 5.42. The summed E-state index contributed by atoms with van der Waals surface area (Å²) in [5, 5.41) is 16.0. The summed E-state index contributed by atoms with van der Waals surface area (Å²) in [6.45, 7) is 0. The van der Waals surface area contributed by atoms with Gasteiger partial charge in [0.05, 0.1) is 4.92 Å². The van der Waals surface area contributed by atoms with Gasteiger partial charge in [-0.3, -0.25) is 10.1 Å². The van der Waals surface area contributed by atoms with Crippen molar-refractivity contribution in [2.24, 2.45) is 0 Å². The Kier molecular flexibility index (Phi) is 3.69. The minimum absolute atomic E-state index is 0.00588. The van der Waals surface area contributed by atoms with Gasteiger partial charge in [-0.05, 0) is 12.1 Å². The summed E-state index contributed by atoms with van der Waals surface area (Å²) in [4.78, 5) is 17.7. The molecule has 0 amide bonds. The Hall–Kier alpha value is -2.84. The Labute approximate surface area is 111 Å². The van der Waals surface area contributed by atoms with Crippen molar-refractivity contribution < 1.29 is 13.7 Å². The van der Waals surface area contributed by atoms with Gasteiger partial charge < -0.3 is 10.6 Å². The number of hydrogen-bond donors (Lipinski definition) is 2. The quantitative estimate of drug-likeness (QED) is 0.660. The zero-order chi connectivity index (χ0) is 14.7. The molecule has 0 unspecified atom stereocenters. The molecule has 0 aliphatic rings. The zero-order valence-corrected chi connectivity index (χ0v) is 10.2. The van der Waals surface area contributed by atoms with Gasteiger partial charge in [-0.15, -0.1) is 0 Å². The predicted octanol–water partition coefficient (Wildman–Crippen LogP) is 2.45. The molecule has 0 atom stereocenters. The number of nitrogens with one attached hydrogen (secondary N) is 2. The summed E-state index contributed by atoms with van der Waals surface area (Å²) in [6.07, 6.45) is 0.997. The van der Waals surface area contributed by atoms with Crippen LogP contribution in [-0.2, 0) is 0 Å². The van der Waals surface area contributed by atoms with Crippen molar-refractivity contribution >= 4 is 23.1 Å². The second-order valence-corrected chi connectivity index (χ2v) is 3.72. The molecule has 2 aromatic rings. The highest BCUT2D eigenvalue weighted by atomic mass is 19.1. The lowest BCUT2D eigenvalue weighted by atomic mass is 10.3. The molecule has 0 bridgehead atoms. The van der Waals surface area contributed by atoms with E-state index in [4.69, 9.17) is 0 Å². The first-order chi connectivity index (χ1) is 9.49. The van der Waals surface area contributed by atoms with Crippen LogP contribution in [0.5, 0.6) is 0 Å². The number of anilines is 3. The van der Waals surface area contributed by atoms with Gasteiger partial charge in [-0.1, -0.05) is 0 Å². The fraction of sp³-hybridized carbons (Fsp3) is 0.0909. The van der Waals surface area contributed by atoms with Crippen LogP contribution in [0.2, 0.25) is 0 Å². The Bertz CT molecular complexity index is 645. The molecule has 0 saturated carbocycles. The largest absolute Gasteiger partial charge is 0.357 e. The maximum Gasteiger partial charge on any atom is 0.329 e. The molecule has 1 aromatic heterocycles. The number of halogens is 2. The molecule has 2 N–H and O–H groups in total. The van der Waals surface area contributed by atoms with Crippen molar-refractivity contribution in [3.63, 3.8) is 0 Å². The van der Waals surface area contributed by atoms with E-state index >= 15 is 0 Å². The summed E-state index contributed by atoms with van der Waals surface area (Å²) in [6, 6.07) is 2.68. The molecule has 0 fully saturated rings. The van der Waals surface area contributed by atoms with Crippen LogP contribution >= 0.6 is 0 Å². The Balaban J connectivity index is 2.42. The van der Waals surface area contributed by atoms with Gasteiger partial charge in [0.2, 0.25) is 11.8 Å². The van der Waals surface area contributed by atoms with Crippen molar-refractivity contribution in [1.29, 1.82) is 0 Å². The molecule has 1 aromatic carbocycles. The molecule has 9 heteroatoms.